The maximum Gasteiger partial charge on any atom is 0.232 e. The van der Waals surface area contributed by atoms with Crippen LogP contribution in [0, 0.1) is 12.8 Å². The summed E-state index contributed by atoms with van der Waals surface area (Å²) >= 11 is 0. The lowest BCUT2D eigenvalue weighted by Gasteiger charge is -2.35. The number of imide groups is 1. The van der Waals surface area contributed by atoms with Gasteiger partial charge in [-0.25, -0.2) is 9.67 Å². The first-order valence-corrected chi connectivity index (χ1v) is 21.1. The molecule has 6 rings (SSSR count). The van der Waals surface area contributed by atoms with Crippen molar-refractivity contribution in [3.05, 3.63) is 59.0 Å². The summed E-state index contributed by atoms with van der Waals surface area (Å²) in [4.78, 5) is 51.6. The molecule has 3 amide bonds. The van der Waals surface area contributed by atoms with Crippen LogP contribution < -0.4 is 11.1 Å². The number of anilines is 2. The molecule has 17 nitrogen and oxygen atoms in total. The van der Waals surface area contributed by atoms with E-state index >= 15 is 0 Å². The third-order valence-electron chi connectivity index (χ3n) is 10.8. The number of likely N-dealkylation sites (tertiary alicyclic amines) is 1. The van der Waals surface area contributed by atoms with Gasteiger partial charge in [-0.3, -0.25) is 24.2 Å². The number of hydrogen-bond acceptors (Lipinski definition) is 13. The van der Waals surface area contributed by atoms with Gasteiger partial charge in [0.25, 0.3) is 0 Å². The topological polar surface area (TPSA) is 188 Å². The van der Waals surface area contributed by atoms with Gasteiger partial charge in [0.05, 0.1) is 57.8 Å². The lowest BCUT2D eigenvalue weighted by molar-refractivity contribution is -0.140. The summed E-state index contributed by atoms with van der Waals surface area (Å²) in [5, 5.41) is 11.6. The quantitative estimate of drug-likeness (QED) is 0.0772. The summed E-state index contributed by atoms with van der Waals surface area (Å²) in [6.07, 6.45) is 8.60. The highest BCUT2D eigenvalue weighted by Gasteiger charge is 2.35. The van der Waals surface area contributed by atoms with Crippen LogP contribution >= 0.6 is 0 Å². The van der Waals surface area contributed by atoms with E-state index in [0.29, 0.717) is 64.7 Å². The normalized spacial score (nSPS) is 16.2. The van der Waals surface area contributed by atoms with Crippen molar-refractivity contribution in [2.24, 2.45) is 5.92 Å². The average Bonchev–Trinajstić information content (AvgIpc) is 3.92. The standard InChI is InChI=1S/C42H61N11O6/c1-4-5-6-12-44-40-39-36(45-42(43)46-40)11-13-51(39)28-34-10-9-33(25-31(34)2)27-49-14-16-50(17-15-49)37(54)8-7-19-57-21-23-59-24-22-58-20-18-52-29-35(47-48-52)30-53-38(55)26-32(3)41(53)56/h9-11,13,25,29,32H,4-8,12,14-24,26-28,30H2,1-3H3,(H3,43,44,45,46). The first-order chi connectivity index (χ1) is 28.7. The maximum atomic E-state index is 12.9. The Labute approximate surface area is 346 Å². The van der Waals surface area contributed by atoms with Gasteiger partial charge in [0, 0.05) is 77.4 Å². The number of piperazine rings is 1. The monoisotopic (exact) mass is 815 g/mol. The number of unbranched alkanes of at least 4 members (excludes halogenated alkanes) is 2. The van der Waals surface area contributed by atoms with Crippen LogP contribution in [0.25, 0.3) is 11.0 Å². The minimum absolute atomic E-state index is 0.146. The third-order valence-corrected chi connectivity index (χ3v) is 10.8. The number of ether oxygens (including phenoxy) is 3. The van der Waals surface area contributed by atoms with Crippen molar-refractivity contribution < 1.29 is 28.6 Å². The number of rotatable bonds is 24. The smallest absolute Gasteiger partial charge is 0.232 e. The first-order valence-electron chi connectivity index (χ1n) is 21.1. The van der Waals surface area contributed by atoms with Gasteiger partial charge in [0.2, 0.25) is 23.7 Å². The van der Waals surface area contributed by atoms with E-state index in [1.807, 2.05) is 11.0 Å². The van der Waals surface area contributed by atoms with Gasteiger partial charge in [0.15, 0.2) is 5.82 Å². The predicted octanol–water partition coefficient (Wildman–Crippen LogP) is 3.63. The van der Waals surface area contributed by atoms with Crippen LogP contribution in [0.15, 0.2) is 36.7 Å². The molecule has 2 aliphatic rings. The minimum Gasteiger partial charge on any atom is -0.379 e. The summed E-state index contributed by atoms with van der Waals surface area (Å²) < 4.78 is 20.7. The van der Waals surface area contributed by atoms with E-state index in [0.717, 1.165) is 75.5 Å². The van der Waals surface area contributed by atoms with Crippen molar-refractivity contribution in [1.82, 2.24) is 44.2 Å². The highest BCUT2D eigenvalue weighted by atomic mass is 16.5. The molecule has 59 heavy (non-hydrogen) atoms. The number of amides is 3. The molecule has 2 fully saturated rings. The summed E-state index contributed by atoms with van der Waals surface area (Å²) in [5.74, 6) is 0.636. The highest BCUT2D eigenvalue weighted by Crippen LogP contribution is 2.25. The lowest BCUT2D eigenvalue weighted by atomic mass is 10.0. The molecule has 4 aromatic rings. The second kappa shape index (κ2) is 21.9. The fourth-order valence-electron chi connectivity index (χ4n) is 7.47. The fraction of sp³-hybridized carbons (Fsp3) is 0.595. The van der Waals surface area contributed by atoms with Crippen molar-refractivity contribution >= 4 is 40.5 Å². The molecule has 17 heteroatoms. The summed E-state index contributed by atoms with van der Waals surface area (Å²) in [7, 11) is 0. The Morgan fingerprint density at radius 1 is 0.915 bits per heavy atom. The number of benzene rings is 1. The van der Waals surface area contributed by atoms with Crippen molar-refractivity contribution in [1.29, 1.82) is 0 Å². The molecule has 0 aliphatic carbocycles. The summed E-state index contributed by atoms with van der Waals surface area (Å²) in [6.45, 7) is 15.1. The zero-order valence-electron chi connectivity index (χ0n) is 34.9. The van der Waals surface area contributed by atoms with E-state index < -0.39 is 0 Å². The number of nitrogens with zero attached hydrogens (tertiary/aromatic N) is 9. The van der Waals surface area contributed by atoms with Crippen LogP contribution in [0.4, 0.5) is 11.8 Å². The van der Waals surface area contributed by atoms with E-state index in [4.69, 9.17) is 19.9 Å². The molecular formula is C42H61N11O6. The van der Waals surface area contributed by atoms with Crippen LogP contribution in [-0.4, -0.2) is 134 Å². The van der Waals surface area contributed by atoms with Gasteiger partial charge in [-0.05, 0) is 42.5 Å². The number of aromatic nitrogens is 6. The van der Waals surface area contributed by atoms with Crippen LogP contribution in [0.3, 0.4) is 0 Å². The van der Waals surface area contributed by atoms with Gasteiger partial charge < -0.3 is 34.7 Å². The summed E-state index contributed by atoms with van der Waals surface area (Å²) in [6, 6.07) is 8.72. The van der Waals surface area contributed by atoms with E-state index in [1.165, 1.54) is 28.0 Å². The lowest BCUT2D eigenvalue weighted by Crippen LogP contribution is -2.48. The number of nitrogens with one attached hydrogen (secondary N) is 1. The molecule has 1 aromatic carbocycles. The van der Waals surface area contributed by atoms with Gasteiger partial charge in [-0.1, -0.05) is 50.1 Å². The van der Waals surface area contributed by atoms with E-state index in [1.54, 1.807) is 17.8 Å². The Morgan fingerprint density at radius 2 is 1.68 bits per heavy atom. The Morgan fingerprint density at radius 3 is 2.41 bits per heavy atom. The van der Waals surface area contributed by atoms with E-state index in [9.17, 15) is 14.4 Å². The average molecular weight is 816 g/mol. The number of aryl methyl sites for hydroxylation is 1. The number of nitrogens with two attached hydrogens (primary N) is 1. The molecule has 2 aliphatic heterocycles. The van der Waals surface area contributed by atoms with Gasteiger partial charge >= 0.3 is 0 Å². The number of fused-ring (bicyclic) bond motifs is 1. The molecular weight excluding hydrogens is 755 g/mol. The van der Waals surface area contributed by atoms with Gasteiger partial charge in [-0.2, -0.15) is 4.98 Å². The molecule has 0 radical (unpaired) electrons. The fourth-order valence-corrected chi connectivity index (χ4v) is 7.47. The van der Waals surface area contributed by atoms with Crippen molar-refractivity contribution in [2.45, 2.75) is 85.5 Å². The van der Waals surface area contributed by atoms with Crippen molar-refractivity contribution in [2.75, 3.05) is 83.4 Å². The van der Waals surface area contributed by atoms with Gasteiger partial charge in [-0.15, -0.1) is 5.10 Å². The number of carbonyl (C=O) groups is 3. The molecule has 2 saturated heterocycles. The Balaban J connectivity index is 0.793. The highest BCUT2D eigenvalue weighted by molar-refractivity contribution is 6.03. The zero-order valence-corrected chi connectivity index (χ0v) is 34.9. The van der Waals surface area contributed by atoms with Gasteiger partial charge in [0.1, 0.15) is 11.2 Å². The molecule has 0 saturated carbocycles. The molecule has 3 N–H and O–H groups in total. The second-order valence-corrected chi connectivity index (χ2v) is 15.5. The summed E-state index contributed by atoms with van der Waals surface area (Å²) in [5.41, 5.74) is 12.2. The first kappa shape index (κ1) is 43.6. The third kappa shape index (κ3) is 12.5. The van der Waals surface area contributed by atoms with Crippen LogP contribution in [-0.2, 0) is 54.8 Å². The SMILES string of the molecule is CCCCCNc1nc(N)nc2ccn(Cc3ccc(CN4CCN(C(=O)CCCOCCOCCOCCn5cc(CN6C(=O)CC(C)C6=O)nn5)CC4)cc3C)c12. The predicted molar refractivity (Wildman–Crippen MR) is 223 cm³/mol. The molecule has 1 unspecified atom stereocenters. The maximum absolute atomic E-state index is 12.9. The Hall–Kier alpha value is -4.97. The minimum atomic E-state index is -0.276. The zero-order chi connectivity index (χ0) is 41.6. The molecule has 0 bridgehead atoms. The van der Waals surface area contributed by atoms with Crippen LogP contribution in [0.5, 0.6) is 0 Å². The molecule has 320 valence electrons. The van der Waals surface area contributed by atoms with Crippen molar-refractivity contribution in [3.63, 3.8) is 0 Å². The Kier molecular flexibility index (Phi) is 16.2. The van der Waals surface area contributed by atoms with E-state index in [-0.39, 0.29) is 42.6 Å². The molecule has 0 spiro atoms. The van der Waals surface area contributed by atoms with Crippen LogP contribution in [0.1, 0.15) is 74.8 Å². The van der Waals surface area contributed by atoms with E-state index in [2.05, 4.69) is 73.3 Å². The molecule has 3 aromatic heterocycles. The number of nitrogen functional groups attached to an aromatic ring is 1. The Bertz CT molecular complexity index is 1990. The number of carbonyl (C=O) groups excluding carboxylic acids is 3. The molecule has 5 heterocycles. The number of hydrogen-bond donors (Lipinski definition) is 2. The second-order valence-electron chi connectivity index (χ2n) is 15.5. The largest absolute Gasteiger partial charge is 0.379 e. The van der Waals surface area contributed by atoms with Crippen molar-refractivity contribution in [3.8, 4) is 0 Å². The molecule has 1 atom stereocenters. The van der Waals surface area contributed by atoms with Crippen LogP contribution in [0.2, 0.25) is 0 Å².